The summed E-state index contributed by atoms with van der Waals surface area (Å²) in [5.41, 5.74) is 6.51. The van der Waals surface area contributed by atoms with Gasteiger partial charge in [0.15, 0.2) is 0 Å². The highest BCUT2D eigenvalue weighted by Gasteiger charge is 2.25. The SMILES string of the molecule is NCC1Cc2cc(F)ccc2C(=O)O1. The summed E-state index contributed by atoms with van der Waals surface area (Å²) >= 11 is 0. The van der Waals surface area contributed by atoms with Crippen LogP contribution in [0.5, 0.6) is 0 Å². The molecule has 0 fully saturated rings. The van der Waals surface area contributed by atoms with E-state index < -0.39 is 5.97 Å². The molecule has 1 aliphatic heterocycles. The average molecular weight is 195 g/mol. The fourth-order valence-electron chi connectivity index (χ4n) is 1.56. The number of carbonyl (C=O) groups excluding carboxylic acids is 1. The Kier molecular flexibility index (Phi) is 2.21. The molecule has 0 spiro atoms. The third-order valence-electron chi connectivity index (χ3n) is 2.27. The van der Waals surface area contributed by atoms with Crippen LogP contribution < -0.4 is 5.73 Å². The highest BCUT2D eigenvalue weighted by Crippen LogP contribution is 2.21. The molecule has 4 heteroatoms. The van der Waals surface area contributed by atoms with Gasteiger partial charge in [-0.25, -0.2) is 9.18 Å². The molecule has 0 saturated carbocycles. The second kappa shape index (κ2) is 3.38. The second-order valence-corrected chi connectivity index (χ2v) is 3.27. The minimum Gasteiger partial charge on any atom is -0.457 e. The van der Waals surface area contributed by atoms with Crippen molar-refractivity contribution < 1.29 is 13.9 Å². The Bertz CT molecular complexity index is 378. The number of nitrogens with two attached hydrogens (primary N) is 1. The lowest BCUT2D eigenvalue weighted by Crippen LogP contribution is -2.33. The standard InChI is InChI=1S/C10H10FNO2/c11-7-1-2-9-6(3-7)4-8(5-12)14-10(9)13/h1-3,8H,4-5,12H2. The molecule has 1 heterocycles. The maximum atomic E-state index is 12.9. The van der Waals surface area contributed by atoms with E-state index in [0.29, 0.717) is 17.5 Å². The number of cyclic esters (lactones) is 1. The van der Waals surface area contributed by atoms with E-state index in [1.54, 1.807) is 0 Å². The molecule has 14 heavy (non-hydrogen) atoms. The minimum absolute atomic E-state index is 0.266. The first-order chi connectivity index (χ1) is 6.70. The number of esters is 1. The zero-order valence-electron chi connectivity index (χ0n) is 7.50. The smallest absolute Gasteiger partial charge is 0.338 e. The van der Waals surface area contributed by atoms with Gasteiger partial charge in [0.1, 0.15) is 11.9 Å². The number of hydrogen-bond donors (Lipinski definition) is 1. The molecule has 1 atom stereocenters. The Hall–Kier alpha value is -1.42. The molecule has 0 bridgehead atoms. The molecule has 74 valence electrons. The molecule has 1 aliphatic rings. The summed E-state index contributed by atoms with van der Waals surface area (Å²) in [6.45, 7) is 0.266. The van der Waals surface area contributed by atoms with Crippen molar-refractivity contribution in [2.24, 2.45) is 5.73 Å². The van der Waals surface area contributed by atoms with Gasteiger partial charge in [-0.05, 0) is 23.8 Å². The first kappa shape index (κ1) is 9.15. The third kappa shape index (κ3) is 1.48. The number of carbonyl (C=O) groups is 1. The Labute approximate surface area is 80.7 Å². The van der Waals surface area contributed by atoms with E-state index in [1.165, 1.54) is 18.2 Å². The van der Waals surface area contributed by atoms with Gasteiger partial charge in [-0.15, -0.1) is 0 Å². The van der Waals surface area contributed by atoms with Crippen LogP contribution >= 0.6 is 0 Å². The molecule has 0 radical (unpaired) electrons. The van der Waals surface area contributed by atoms with Gasteiger partial charge >= 0.3 is 5.97 Å². The van der Waals surface area contributed by atoms with Crippen LogP contribution in [0, 0.1) is 5.82 Å². The first-order valence-electron chi connectivity index (χ1n) is 4.40. The number of fused-ring (bicyclic) bond motifs is 1. The fourth-order valence-corrected chi connectivity index (χ4v) is 1.56. The molecule has 0 saturated heterocycles. The highest BCUT2D eigenvalue weighted by molar-refractivity contribution is 5.92. The maximum absolute atomic E-state index is 12.9. The van der Waals surface area contributed by atoms with Gasteiger partial charge in [-0.3, -0.25) is 0 Å². The van der Waals surface area contributed by atoms with Crippen LogP contribution in [0.4, 0.5) is 4.39 Å². The van der Waals surface area contributed by atoms with E-state index in [1.807, 2.05) is 0 Å². The van der Waals surface area contributed by atoms with Gasteiger partial charge in [-0.1, -0.05) is 0 Å². The van der Waals surface area contributed by atoms with Crippen molar-refractivity contribution in [3.05, 3.63) is 35.1 Å². The van der Waals surface area contributed by atoms with E-state index >= 15 is 0 Å². The molecule has 2 N–H and O–H groups in total. The maximum Gasteiger partial charge on any atom is 0.338 e. The number of hydrogen-bond acceptors (Lipinski definition) is 3. The Morgan fingerprint density at radius 1 is 1.57 bits per heavy atom. The monoisotopic (exact) mass is 195 g/mol. The molecule has 2 rings (SSSR count). The van der Waals surface area contributed by atoms with Crippen molar-refractivity contribution in [1.29, 1.82) is 0 Å². The number of rotatable bonds is 1. The predicted octanol–water partition coefficient (Wildman–Crippen LogP) is 0.866. The van der Waals surface area contributed by atoms with Crippen LogP contribution in [0.2, 0.25) is 0 Å². The minimum atomic E-state index is -0.415. The van der Waals surface area contributed by atoms with Crippen LogP contribution in [-0.2, 0) is 11.2 Å². The molecular formula is C10H10FNO2. The lowest BCUT2D eigenvalue weighted by molar-refractivity contribution is 0.0278. The van der Waals surface area contributed by atoms with Crippen LogP contribution in [0.3, 0.4) is 0 Å². The molecule has 0 amide bonds. The van der Waals surface area contributed by atoms with E-state index in [-0.39, 0.29) is 18.5 Å². The Morgan fingerprint density at radius 3 is 3.07 bits per heavy atom. The number of ether oxygens (including phenoxy) is 1. The van der Waals surface area contributed by atoms with Crippen molar-refractivity contribution in [3.8, 4) is 0 Å². The van der Waals surface area contributed by atoms with Crippen LogP contribution in [-0.4, -0.2) is 18.6 Å². The van der Waals surface area contributed by atoms with Crippen LogP contribution in [0.1, 0.15) is 15.9 Å². The van der Waals surface area contributed by atoms with Crippen LogP contribution in [0.25, 0.3) is 0 Å². The summed E-state index contributed by atoms with van der Waals surface area (Å²) in [5.74, 6) is -0.754. The largest absolute Gasteiger partial charge is 0.457 e. The molecule has 1 aromatic carbocycles. The molecule has 0 aliphatic carbocycles. The molecule has 1 aromatic rings. The number of benzene rings is 1. The van der Waals surface area contributed by atoms with Crippen molar-refractivity contribution in [2.45, 2.75) is 12.5 Å². The van der Waals surface area contributed by atoms with Gasteiger partial charge < -0.3 is 10.5 Å². The highest BCUT2D eigenvalue weighted by atomic mass is 19.1. The summed E-state index contributed by atoms with van der Waals surface area (Å²) < 4.78 is 17.9. The lowest BCUT2D eigenvalue weighted by Gasteiger charge is -2.23. The van der Waals surface area contributed by atoms with Crippen molar-refractivity contribution >= 4 is 5.97 Å². The average Bonchev–Trinajstić information content (AvgIpc) is 2.16. The molecule has 3 nitrogen and oxygen atoms in total. The quantitative estimate of drug-likeness (QED) is 0.676. The van der Waals surface area contributed by atoms with Crippen molar-refractivity contribution in [3.63, 3.8) is 0 Å². The molecule has 0 aromatic heterocycles. The zero-order chi connectivity index (χ0) is 10.1. The van der Waals surface area contributed by atoms with Gasteiger partial charge in [0.2, 0.25) is 0 Å². The van der Waals surface area contributed by atoms with Gasteiger partial charge in [0.05, 0.1) is 5.56 Å². The lowest BCUT2D eigenvalue weighted by atomic mass is 9.98. The summed E-state index contributed by atoms with van der Waals surface area (Å²) in [5, 5.41) is 0. The van der Waals surface area contributed by atoms with E-state index in [4.69, 9.17) is 10.5 Å². The fraction of sp³-hybridized carbons (Fsp3) is 0.300. The third-order valence-corrected chi connectivity index (χ3v) is 2.27. The number of halogens is 1. The summed E-state index contributed by atoms with van der Waals surface area (Å²) in [6.07, 6.45) is 0.173. The van der Waals surface area contributed by atoms with Crippen molar-refractivity contribution in [1.82, 2.24) is 0 Å². The van der Waals surface area contributed by atoms with Gasteiger partial charge in [0.25, 0.3) is 0 Å². The Morgan fingerprint density at radius 2 is 2.36 bits per heavy atom. The predicted molar refractivity (Wildman–Crippen MR) is 48.4 cm³/mol. The summed E-state index contributed by atoms with van der Waals surface area (Å²) in [6, 6.07) is 4.06. The molecule has 1 unspecified atom stereocenters. The normalized spacial score (nSPS) is 20.1. The van der Waals surface area contributed by atoms with E-state index in [9.17, 15) is 9.18 Å². The van der Waals surface area contributed by atoms with Gasteiger partial charge in [-0.2, -0.15) is 0 Å². The zero-order valence-corrected chi connectivity index (χ0v) is 7.50. The van der Waals surface area contributed by atoms with Crippen molar-refractivity contribution in [2.75, 3.05) is 6.54 Å². The summed E-state index contributed by atoms with van der Waals surface area (Å²) in [4.78, 5) is 11.4. The van der Waals surface area contributed by atoms with Gasteiger partial charge in [0, 0.05) is 13.0 Å². The second-order valence-electron chi connectivity index (χ2n) is 3.27. The Balaban J connectivity index is 2.40. The van der Waals surface area contributed by atoms with E-state index in [2.05, 4.69) is 0 Å². The topological polar surface area (TPSA) is 52.3 Å². The summed E-state index contributed by atoms with van der Waals surface area (Å²) in [7, 11) is 0. The molecular weight excluding hydrogens is 185 g/mol. The first-order valence-corrected chi connectivity index (χ1v) is 4.40. The van der Waals surface area contributed by atoms with E-state index in [0.717, 1.165) is 0 Å². The van der Waals surface area contributed by atoms with Crippen LogP contribution in [0.15, 0.2) is 18.2 Å².